The van der Waals surface area contributed by atoms with E-state index in [2.05, 4.69) is 28.5 Å². The van der Waals surface area contributed by atoms with Crippen LogP contribution in [0.15, 0.2) is 73.1 Å². The second-order valence-corrected chi connectivity index (χ2v) is 5.73. The number of pyridine rings is 1. The first kappa shape index (κ1) is 15.1. The lowest BCUT2D eigenvalue weighted by atomic mass is 10.2. The molecule has 3 N–H and O–H groups in total. The summed E-state index contributed by atoms with van der Waals surface area (Å²) in [7, 11) is 1.67. The largest absolute Gasteiger partial charge is 0.497 e. The predicted molar refractivity (Wildman–Crippen MR) is 102 cm³/mol. The highest BCUT2D eigenvalue weighted by Crippen LogP contribution is 2.30. The molecule has 2 aromatic heterocycles. The number of fused-ring (bicyclic) bond motifs is 1. The number of ether oxygens (including phenoxy) is 1. The Kier molecular flexibility index (Phi) is 3.74. The van der Waals surface area contributed by atoms with Crippen LogP contribution < -0.4 is 15.8 Å². The van der Waals surface area contributed by atoms with Gasteiger partial charge in [0.25, 0.3) is 0 Å². The molecule has 0 atom stereocenters. The lowest BCUT2D eigenvalue weighted by Crippen LogP contribution is -1.97. The summed E-state index contributed by atoms with van der Waals surface area (Å²) in [6.07, 6.45) is 3.68. The predicted octanol–water partition coefficient (Wildman–Crippen LogP) is 4.36. The van der Waals surface area contributed by atoms with Gasteiger partial charge in [-0.2, -0.15) is 0 Å². The van der Waals surface area contributed by atoms with Gasteiger partial charge in [-0.3, -0.25) is 0 Å². The quantitative estimate of drug-likeness (QED) is 0.583. The van der Waals surface area contributed by atoms with Gasteiger partial charge in [-0.1, -0.05) is 12.1 Å². The van der Waals surface area contributed by atoms with Crippen molar-refractivity contribution >= 4 is 28.0 Å². The summed E-state index contributed by atoms with van der Waals surface area (Å²) < 4.78 is 7.34. The molecule has 124 valence electrons. The summed E-state index contributed by atoms with van der Waals surface area (Å²) in [6.45, 7) is 0. The SMILES string of the molecule is COc1cccc(Nc2cccc3c2ccn3-c2ccc(N)cn2)c1. The molecule has 2 heterocycles. The molecule has 5 heteroatoms. The van der Waals surface area contributed by atoms with E-state index in [1.54, 1.807) is 13.3 Å². The van der Waals surface area contributed by atoms with Gasteiger partial charge in [0.1, 0.15) is 11.6 Å². The molecule has 0 saturated carbocycles. The number of nitrogens with two attached hydrogens (primary N) is 1. The van der Waals surface area contributed by atoms with E-state index in [9.17, 15) is 0 Å². The first-order chi connectivity index (χ1) is 12.2. The summed E-state index contributed by atoms with van der Waals surface area (Å²) in [5, 5.41) is 4.58. The molecule has 5 nitrogen and oxygen atoms in total. The minimum Gasteiger partial charge on any atom is -0.497 e. The van der Waals surface area contributed by atoms with Crippen molar-refractivity contribution in [2.75, 3.05) is 18.2 Å². The Morgan fingerprint density at radius 2 is 1.92 bits per heavy atom. The van der Waals surface area contributed by atoms with Crippen LogP contribution in [0.5, 0.6) is 5.75 Å². The fourth-order valence-electron chi connectivity index (χ4n) is 2.87. The third-order valence-corrected chi connectivity index (χ3v) is 4.10. The number of anilines is 3. The van der Waals surface area contributed by atoms with Gasteiger partial charge in [0.05, 0.1) is 24.5 Å². The van der Waals surface area contributed by atoms with Crippen LogP contribution in [0.25, 0.3) is 16.7 Å². The van der Waals surface area contributed by atoms with Crippen molar-refractivity contribution in [1.82, 2.24) is 9.55 Å². The maximum atomic E-state index is 5.73. The highest BCUT2D eigenvalue weighted by atomic mass is 16.5. The second kappa shape index (κ2) is 6.20. The van der Waals surface area contributed by atoms with Crippen molar-refractivity contribution in [2.24, 2.45) is 0 Å². The van der Waals surface area contributed by atoms with Crippen LogP contribution in [0.2, 0.25) is 0 Å². The summed E-state index contributed by atoms with van der Waals surface area (Å²) in [6, 6.07) is 19.9. The van der Waals surface area contributed by atoms with Crippen LogP contribution in [0.1, 0.15) is 0 Å². The van der Waals surface area contributed by atoms with Gasteiger partial charge in [-0.05, 0) is 42.5 Å². The van der Waals surface area contributed by atoms with Crippen LogP contribution in [0.4, 0.5) is 17.1 Å². The molecular formula is C20H18N4O. The van der Waals surface area contributed by atoms with Gasteiger partial charge in [0, 0.05) is 29.0 Å². The lowest BCUT2D eigenvalue weighted by Gasteiger charge is -2.10. The fourth-order valence-corrected chi connectivity index (χ4v) is 2.87. The molecule has 0 bridgehead atoms. The zero-order chi connectivity index (χ0) is 17.2. The summed E-state index contributed by atoms with van der Waals surface area (Å²) >= 11 is 0. The Balaban J connectivity index is 1.75. The lowest BCUT2D eigenvalue weighted by molar-refractivity contribution is 0.415. The van der Waals surface area contributed by atoms with Crippen molar-refractivity contribution in [2.45, 2.75) is 0 Å². The summed E-state index contributed by atoms with van der Waals surface area (Å²) in [4.78, 5) is 4.41. The van der Waals surface area contributed by atoms with Crippen LogP contribution in [-0.4, -0.2) is 16.7 Å². The molecule has 0 aliphatic heterocycles. The average molecular weight is 330 g/mol. The third kappa shape index (κ3) is 2.87. The molecule has 0 amide bonds. The van der Waals surface area contributed by atoms with Gasteiger partial charge < -0.3 is 20.4 Å². The van der Waals surface area contributed by atoms with Crippen molar-refractivity contribution in [1.29, 1.82) is 0 Å². The fraction of sp³-hybridized carbons (Fsp3) is 0.0500. The Morgan fingerprint density at radius 3 is 2.72 bits per heavy atom. The van der Waals surface area contributed by atoms with Crippen LogP contribution in [0, 0.1) is 0 Å². The van der Waals surface area contributed by atoms with E-state index in [4.69, 9.17) is 10.5 Å². The molecule has 0 saturated heterocycles. The van der Waals surface area contributed by atoms with Gasteiger partial charge in [0.2, 0.25) is 0 Å². The zero-order valence-corrected chi connectivity index (χ0v) is 13.8. The number of nitrogens with one attached hydrogen (secondary N) is 1. The molecule has 2 aromatic carbocycles. The van der Waals surface area contributed by atoms with Gasteiger partial charge in [-0.25, -0.2) is 4.98 Å². The van der Waals surface area contributed by atoms with Crippen molar-refractivity contribution in [3.63, 3.8) is 0 Å². The van der Waals surface area contributed by atoms with E-state index in [1.165, 1.54) is 0 Å². The third-order valence-electron chi connectivity index (χ3n) is 4.10. The van der Waals surface area contributed by atoms with Gasteiger partial charge in [-0.15, -0.1) is 0 Å². The Hall–Kier alpha value is -3.47. The highest BCUT2D eigenvalue weighted by Gasteiger charge is 2.08. The van der Waals surface area contributed by atoms with E-state index in [-0.39, 0.29) is 0 Å². The van der Waals surface area contributed by atoms with Crippen LogP contribution in [0.3, 0.4) is 0 Å². The molecule has 0 aliphatic rings. The van der Waals surface area contributed by atoms with E-state index in [0.717, 1.165) is 33.8 Å². The van der Waals surface area contributed by atoms with Crippen molar-refractivity contribution in [3.05, 3.63) is 73.1 Å². The number of methoxy groups -OCH3 is 1. The molecular weight excluding hydrogens is 312 g/mol. The van der Waals surface area contributed by atoms with Crippen molar-refractivity contribution < 1.29 is 4.74 Å². The van der Waals surface area contributed by atoms with Gasteiger partial charge >= 0.3 is 0 Å². The first-order valence-electron chi connectivity index (χ1n) is 7.98. The van der Waals surface area contributed by atoms with Crippen LogP contribution >= 0.6 is 0 Å². The second-order valence-electron chi connectivity index (χ2n) is 5.73. The zero-order valence-electron chi connectivity index (χ0n) is 13.8. The number of nitrogens with zero attached hydrogens (tertiary/aromatic N) is 2. The first-order valence-corrected chi connectivity index (χ1v) is 7.98. The van der Waals surface area contributed by atoms with E-state index in [1.807, 2.05) is 53.2 Å². The maximum Gasteiger partial charge on any atom is 0.137 e. The van der Waals surface area contributed by atoms with Crippen molar-refractivity contribution in [3.8, 4) is 11.6 Å². The molecule has 0 radical (unpaired) electrons. The molecule has 0 unspecified atom stereocenters. The molecule has 25 heavy (non-hydrogen) atoms. The normalized spacial score (nSPS) is 10.8. The number of aromatic nitrogens is 2. The topological polar surface area (TPSA) is 65.1 Å². The number of hydrogen-bond donors (Lipinski definition) is 2. The monoisotopic (exact) mass is 330 g/mol. The van der Waals surface area contributed by atoms with E-state index < -0.39 is 0 Å². The van der Waals surface area contributed by atoms with E-state index in [0.29, 0.717) is 5.69 Å². The molecule has 0 aliphatic carbocycles. The number of hydrogen-bond acceptors (Lipinski definition) is 4. The minimum atomic E-state index is 0.653. The molecule has 0 spiro atoms. The minimum absolute atomic E-state index is 0.653. The van der Waals surface area contributed by atoms with E-state index >= 15 is 0 Å². The van der Waals surface area contributed by atoms with Gasteiger partial charge in [0.15, 0.2) is 0 Å². The Bertz CT molecular complexity index is 1020. The molecule has 4 aromatic rings. The van der Waals surface area contributed by atoms with Crippen LogP contribution in [-0.2, 0) is 0 Å². The molecule has 4 rings (SSSR count). The number of benzene rings is 2. The molecule has 0 fully saturated rings. The number of rotatable bonds is 4. The Morgan fingerprint density at radius 1 is 1.04 bits per heavy atom. The highest BCUT2D eigenvalue weighted by molar-refractivity contribution is 5.95. The Labute approximate surface area is 145 Å². The average Bonchev–Trinajstić information content (AvgIpc) is 3.08. The maximum absolute atomic E-state index is 5.73. The smallest absolute Gasteiger partial charge is 0.137 e. The summed E-state index contributed by atoms with van der Waals surface area (Å²) in [5.41, 5.74) is 9.47. The summed E-state index contributed by atoms with van der Waals surface area (Å²) in [5.74, 6) is 1.66. The standard InChI is InChI=1S/C20H18N4O/c1-25-16-5-2-4-15(12-16)23-18-6-3-7-19-17(18)10-11-24(19)20-9-8-14(21)13-22-20/h2-13,23H,21H2,1H3. The number of nitrogen functional groups attached to an aromatic ring is 1.